The quantitative estimate of drug-likeness (QED) is 0.851. The lowest BCUT2D eigenvalue weighted by Gasteiger charge is -2.40. The van der Waals surface area contributed by atoms with E-state index in [1.54, 1.807) is 0 Å². The first-order valence-electron chi connectivity index (χ1n) is 8.60. The van der Waals surface area contributed by atoms with Crippen molar-refractivity contribution in [3.63, 3.8) is 0 Å². The van der Waals surface area contributed by atoms with E-state index in [1.165, 1.54) is 12.8 Å². The zero-order valence-electron chi connectivity index (χ0n) is 14.0. The Bertz CT molecular complexity index is 502. The van der Waals surface area contributed by atoms with E-state index < -0.39 is 0 Å². The molecule has 23 heavy (non-hydrogen) atoms. The first kappa shape index (κ1) is 16.3. The number of ether oxygens (including phenoxy) is 1. The number of rotatable bonds is 4. The highest BCUT2D eigenvalue weighted by atomic mass is 16.6. The van der Waals surface area contributed by atoms with Gasteiger partial charge >= 0.3 is 6.09 Å². The van der Waals surface area contributed by atoms with Crippen molar-refractivity contribution in [2.45, 2.75) is 25.5 Å². The van der Waals surface area contributed by atoms with Crippen molar-refractivity contribution < 1.29 is 9.53 Å². The lowest BCUT2D eigenvalue weighted by atomic mass is 10.1. The molecule has 2 fully saturated rings. The van der Waals surface area contributed by atoms with Crippen LogP contribution < -0.4 is 0 Å². The van der Waals surface area contributed by atoms with Crippen LogP contribution in [0.5, 0.6) is 0 Å². The van der Waals surface area contributed by atoms with Gasteiger partial charge in [-0.25, -0.2) is 4.79 Å². The Balaban J connectivity index is 1.57. The van der Waals surface area contributed by atoms with Crippen molar-refractivity contribution in [3.05, 3.63) is 35.9 Å². The maximum Gasteiger partial charge on any atom is 0.410 e. The predicted molar refractivity (Wildman–Crippen MR) is 90.3 cm³/mol. The van der Waals surface area contributed by atoms with Gasteiger partial charge in [-0.3, -0.25) is 0 Å². The Morgan fingerprint density at radius 2 is 1.87 bits per heavy atom. The Labute approximate surface area is 138 Å². The lowest BCUT2D eigenvalue weighted by Crippen LogP contribution is -2.57. The summed E-state index contributed by atoms with van der Waals surface area (Å²) in [5.41, 5.74) is 1.03. The fourth-order valence-electron chi connectivity index (χ4n) is 3.47. The fraction of sp³-hybridized carbons (Fsp3) is 0.611. The predicted octanol–water partition coefficient (Wildman–Crippen LogP) is 2.04. The molecular formula is C18H27N3O2. The number of benzene rings is 1. The van der Waals surface area contributed by atoms with Gasteiger partial charge in [0.15, 0.2) is 0 Å². The second kappa shape index (κ2) is 7.79. The maximum absolute atomic E-state index is 12.5. The van der Waals surface area contributed by atoms with E-state index in [2.05, 4.69) is 16.8 Å². The number of piperazine rings is 1. The Hall–Kier alpha value is -1.59. The fourth-order valence-corrected chi connectivity index (χ4v) is 3.47. The second-order valence-corrected chi connectivity index (χ2v) is 6.66. The van der Waals surface area contributed by atoms with Gasteiger partial charge in [0, 0.05) is 26.2 Å². The van der Waals surface area contributed by atoms with E-state index in [4.69, 9.17) is 4.74 Å². The van der Waals surface area contributed by atoms with E-state index in [0.29, 0.717) is 6.61 Å². The van der Waals surface area contributed by atoms with Gasteiger partial charge in [0.1, 0.15) is 6.61 Å². The molecule has 1 aromatic carbocycles. The molecule has 2 aliphatic heterocycles. The minimum Gasteiger partial charge on any atom is -0.445 e. The van der Waals surface area contributed by atoms with Gasteiger partial charge in [-0.1, -0.05) is 30.3 Å². The van der Waals surface area contributed by atoms with Gasteiger partial charge in [0.25, 0.3) is 0 Å². The van der Waals surface area contributed by atoms with E-state index in [1.807, 2.05) is 35.2 Å². The first-order chi connectivity index (χ1) is 11.2. The number of amides is 1. The molecular weight excluding hydrogens is 290 g/mol. The van der Waals surface area contributed by atoms with Gasteiger partial charge in [-0.2, -0.15) is 0 Å². The lowest BCUT2D eigenvalue weighted by molar-refractivity contribution is 0.0395. The molecule has 0 aliphatic carbocycles. The van der Waals surface area contributed by atoms with Crippen LogP contribution in [0.25, 0.3) is 0 Å². The van der Waals surface area contributed by atoms with Crippen molar-refractivity contribution in [1.29, 1.82) is 0 Å². The highest BCUT2D eigenvalue weighted by Crippen LogP contribution is 2.16. The van der Waals surface area contributed by atoms with E-state index in [0.717, 1.165) is 44.8 Å². The van der Waals surface area contributed by atoms with Gasteiger partial charge in [-0.05, 0) is 38.5 Å². The molecule has 1 unspecified atom stereocenters. The zero-order valence-corrected chi connectivity index (χ0v) is 14.0. The van der Waals surface area contributed by atoms with E-state index in [-0.39, 0.29) is 12.1 Å². The van der Waals surface area contributed by atoms with Crippen LogP contribution in [0.2, 0.25) is 0 Å². The van der Waals surface area contributed by atoms with Crippen LogP contribution in [-0.2, 0) is 11.3 Å². The van der Waals surface area contributed by atoms with Crippen LogP contribution in [0.1, 0.15) is 18.4 Å². The summed E-state index contributed by atoms with van der Waals surface area (Å²) in [6.07, 6.45) is 2.38. The van der Waals surface area contributed by atoms with Gasteiger partial charge in [0.05, 0.1) is 6.04 Å². The van der Waals surface area contributed by atoms with E-state index in [9.17, 15) is 4.79 Å². The molecule has 1 aromatic rings. The van der Waals surface area contributed by atoms with Crippen molar-refractivity contribution in [2.24, 2.45) is 0 Å². The topological polar surface area (TPSA) is 36.0 Å². The Morgan fingerprint density at radius 3 is 2.61 bits per heavy atom. The average molecular weight is 317 g/mol. The number of hydrogen-bond acceptors (Lipinski definition) is 4. The molecule has 2 heterocycles. The summed E-state index contributed by atoms with van der Waals surface area (Å²) in [5, 5.41) is 0. The zero-order chi connectivity index (χ0) is 16.1. The summed E-state index contributed by atoms with van der Waals surface area (Å²) >= 11 is 0. The van der Waals surface area contributed by atoms with Crippen LogP contribution in [0.4, 0.5) is 4.79 Å². The van der Waals surface area contributed by atoms with Crippen molar-refractivity contribution in [2.75, 3.05) is 46.3 Å². The molecule has 1 amide bonds. The molecule has 0 saturated carbocycles. The maximum atomic E-state index is 12.5. The smallest absolute Gasteiger partial charge is 0.410 e. The molecule has 2 saturated heterocycles. The summed E-state index contributed by atoms with van der Waals surface area (Å²) in [6, 6.07) is 10.1. The Morgan fingerprint density at radius 1 is 1.13 bits per heavy atom. The highest BCUT2D eigenvalue weighted by Gasteiger charge is 2.32. The number of likely N-dealkylation sites (tertiary alicyclic amines) is 1. The van der Waals surface area contributed by atoms with Crippen molar-refractivity contribution in [3.8, 4) is 0 Å². The largest absolute Gasteiger partial charge is 0.445 e. The summed E-state index contributed by atoms with van der Waals surface area (Å²) in [7, 11) is 2.13. The van der Waals surface area contributed by atoms with Crippen LogP contribution in [-0.4, -0.2) is 73.2 Å². The summed E-state index contributed by atoms with van der Waals surface area (Å²) in [5.74, 6) is 0. The minimum atomic E-state index is -0.175. The molecule has 2 aliphatic rings. The summed E-state index contributed by atoms with van der Waals surface area (Å²) in [4.78, 5) is 19.2. The van der Waals surface area contributed by atoms with Gasteiger partial charge in [0.2, 0.25) is 0 Å². The average Bonchev–Trinajstić information content (AvgIpc) is 3.07. The third kappa shape index (κ3) is 4.45. The number of carbonyl (C=O) groups is 1. The number of likely N-dealkylation sites (N-methyl/N-ethyl adjacent to an activating group) is 1. The van der Waals surface area contributed by atoms with Crippen molar-refractivity contribution in [1.82, 2.24) is 14.7 Å². The van der Waals surface area contributed by atoms with E-state index >= 15 is 0 Å². The molecule has 0 spiro atoms. The van der Waals surface area contributed by atoms with Crippen LogP contribution in [0.3, 0.4) is 0 Å². The number of nitrogens with zero attached hydrogens (tertiary/aromatic N) is 3. The second-order valence-electron chi connectivity index (χ2n) is 6.66. The highest BCUT2D eigenvalue weighted by molar-refractivity contribution is 5.68. The van der Waals surface area contributed by atoms with Gasteiger partial charge < -0.3 is 19.4 Å². The van der Waals surface area contributed by atoms with Crippen LogP contribution in [0.15, 0.2) is 30.3 Å². The Kier molecular flexibility index (Phi) is 5.51. The molecule has 3 rings (SSSR count). The van der Waals surface area contributed by atoms with Crippen LogP contribution in [0, 0.1) is 0 Å². The molecule has 126 valence electrons. The molecule has 5 heteroatoms. The monoisotopic (exact) mass is 317 g/mol. The third-order valence-corrected chi connectivity index (χ3v) is 4.79. The standard InChI is InChI=1S/C18H27N3O2/c1-19-11-12-21(17(13-19)14-20-9-5-6-10-20)18(22)23-15-16-7-3-2-4-8-16/h2-4,7-8,17H,5-6,9-15H2,1H3. The normalized spacial score (nSPS) is 23.2. The van der Waals surface area contributed by atoms with Gasteiger partial charge in [-0.15, -0.1) is 0 Å². The van der Waals surface area contributed by atoms with Crippen molar-refractivity contribution >= 4 is 6.09 Å². The SMILES string of the molecule is CN1CCN(C(=O)OCc2ccccc2)C(CN2CCCC2)C1. The van der Waals surface area contributed by atoms with Crippen LogP contribution >= 0.6 is 0 Å². The summed E-state index contributed by atoms with van der Waals surface area (Å²) in [6.45, 7) is 6.23. The third-order valence-electron chi connectivity index (χ3n) is 4.79. The molecule has 0 bridgehead atoms. The first-order valence-corrected chi connectivity index (χ1v) is 8.60. The molecule has 0 N–H and O–H groups in total. The number of hydrogen-bond donors (Lipinski definition) is 0. The number of carbonyl (C=O) groups excluding carboxylic acids is 1. The molecule has 0 aromatic heterocycles. The molecule has 1 atom stereocenters. The summed E-state index contributed by atoms with van der Waals surface area (Å²) < 4.78 is 5.55. The molecule has 0 radical (unpaired) electrons. The minimum absolute atomic E-state index is 0.175. The molecule has 5 nitrogen and oxygen atoms in total.